The van der Waals surface area contributed by atoms with E-state index in [1.807, 2.05) is 6.07 Å². The molecule has 0 atom stereocenters. The van der Waals surface area contributed by atoms with Crippen LogP contribution in [0.2, 0.25) is 0 Å². The summed E-state index contributed by atoms with van der Waals surface area (Å²) >= 11 is 0. The van der Waals surface area contributed by atoms with Crippen LogP contribution in [0.5, 0.6) is 5.75 Å². The summed E-state index contributed by atoms with van der Waals surface area (Å²) in [6.07, 6.45) is 1.71. The van der Waals surface area contributed by atoms with Crippen LogP contribution in [0.4, 0.5) is 0 Å². The topological polar surface area (TPSA) is 57.2 Å². The van der Waals surface area contributed by atoms with Gasteiger partial charge in [-0.05, 0) is 29.7 Å². The van der Waals surface area contributed by atoms with Crippen LogP contribution in [0.3, 0.4) is 0 Å². The van der Waals surface area contributed by atoms with E-state index in [4.69, 9.17) is 5.90 Å². The monoisotopic (exact) mass is 190 g/mol. The molecule has 0 aliphatic carbocycles. The number of nitrogens with two attached hydrogens (primary N) is 1. The predicted octanol–water partition coefficient (Wildman–Crippen LogP) is 0.791. The Bertz CT molecular complexity index is 531. The number of aromatic nitrogens is 1. The van der Waals surface area contributed by atoms with Gasteiger partial charge in [-0.1, -0.05) is 0 Å². The second kappa shape index (κ2) is 3.16. The standard InChI is InChI=1S/C10H10N2O2/c1-12-5-4-7-6-8(14-11)2-3-9(7)10(12)13/h2-6H,11H2,1H3. The number of pyridine rings is 1. The molecule has 0 fully saturated rings. The van der Waals surface area contributed by atoms with Crippen LogP contribution in [0.25, 0.3) is 10.8 Å². The van der Waals surface area contributed by atoms with E-state index in [2.05, 4.69) is 4.84 Å². The van der Waals surface area contributed by atoms with Crippen LogP contribution in [-0.4, -0.2) is 4.57 Å². The van der Waals surface area contributed by atoms with E-state index >= 15 is 0 Å². The second-order valence-electron chi connectivity index (χ2n) is 3.10. The summed E-state index contributed by atoms with van der Waals surface area (Å²) in [6, 6.07) is 6.96. The minimum absolute atomic E-state index is 0.0222. The average Bonchev–Trinajstić information content (AvgIpc) is 2.23. The summed E-state index contributed by atoms with van der Waals surface area (Å²) in [4.78, 5) is 16.2. The van der Waals surface area contributed by atoms with Gasteiger partial charge in [0.05, 0.1) is 0 Å². The molecule has 4 nitrogen and oxygen atoms in total. The molecule has 0 aliphatic heterocycles. The molecule has 0 amide bonds. The van der Waals surface area contributed by atoms with Crippen molar-refractivity contribution in [2.24, 2.45) is 12.9 Å². The van der Waals surface area contributed by atoms with Crippen molar-refractivity contribution in [1.29, 1.82) is 0 Å². The van der Waals surface area contributed by atoms with E-state index in [1.165, 1.54) is 4.57 Å². The van der Waals surface area contributed by atoms with Gasteiger partial charge in [0, 0.05) is 18.6 Å². The van der Waals surface area contributed by atoms with E-state index in [0.29, 0.717) is 11.1 Å². The van der Waals surface area contributed by atoms with Gasteiger partial charge in [0.1, 0.15) is 5.75 Å². The average molecular weight is 190 g/mol. The van der Waals surface area contributed by atoms with Crippen LogP contribution in [0, 0.1) is 0 Å². The molecule has 0 saturated heterocycles. The molecule has 4 heteroatoms. The minimum atomic E-state index is -0.0222. The van der Waals surface area contributed by atoms with Crippen molar-refractivity contribution in [2.75, 3.05) is 0 Å². The molecule has 1 heterocycles. The van der Waals surface area contributed by atoms with Gasteiger partial charge in [-0.15, -0.1) is 0 Å². The lowest BCUT2D eigenvalue weighted by molar-refractivity contribution is 0.335. The zero-order valence-electron chi connectivity index (χ0n) is 7.73. The lowest BCUT2D eigenvalue weighted by Crippen LogP contribution is -2.15. The highest BCUT2D eigenvalue weighted by atomic mass is 16.6. The third-order valence-electron chi connectivity index (χ3n) is 2.19. The summed E-state index contributed by atoms with van der Waals surface area (Å²) in [6.45, 7) is 0. The number of aryl methyl sites for hydroxylation is 1. The van der Waals surface area contributed by atoms with Crippen molar-refractivity contribution < 1.29 is 4.84 Å². The quantitative estimate of drug-likeness (QED) is 0.676. The van der Waals surface area contributed by atoms with Crippen molar-refractivity contribution in [3.8, 4) is 5.75 Å². The molecule has 2 aromatic rings. The molecule has 0 aliphatic rings. The highest BCUT2D eigenvalue weighted by molar-refractivity contribution is 5.82. The smallest absolute Gasteiger partial charge is 0.258 e. The van der Waals surface area contributed by atoms with Crippen molar-refractivity contribution in [3.63, 3.8) is 0 Å². The van der Waals surface area contributed by atoms with E-state index in [-0.39, 0.29) is 5.56 Å². The number of benzene rings is 1. The molecule has 2 N–H and O–H groups in total. The summed E-state index contributed by atoms with van der Waals surface area (Å²) in [5.74, 6) is 5.57. The normalized spacial score (nSPS) is 10.4. The maximum atomic E-state index is 11.6. The van der Waals surface area contributed by atoms with Crippen LogP contribution >= 0.6 is 0 Å². The third-order valence-corrected chi connectivity index (χ3v) is 2.19. The van der Waals surface area contributed by atoms with E-state index in [9.17, 15) is 4.79 Å². The van der Waals surface area contributed by atoms with Gasteiger partial charge in [-0.2, -0.15) is 5.90 Å². The highest BCUT2D eigenvalue weighted by Gasteiger charge is 2.01. The van der Waals surface area contributed by atoms with Crippen molar-refractivity contribution in [2.45, 2.75) is 0 Å². The van der Waals surface area contributed by atoms with Gasteiger partial charge >= 0.3 is 0 Å². The zero-order chi connectivity index (χ0) is 10.1. The van der Waals surface area contributed by atoms with E-state index < -0.39 is 0 Å². The van der Waals surface area contributed by atoms with Gasteiger partial charge in [-0.3, -0.25) is 4.79 Å². The predicted molar refractivity (Wildman–Crippen MR) is 54.0 cm³/mol. The lowest BCUT2D eigenvalue weighted by Gasteiger charge is -2.02. The molecule has 14 heavy (non-hydrogen) atoms. The molecule has 72 valence electrons. The first kappa shape index (κ1) is 8.77. The minimum Gasteiger partial charge on any atom is -0.412 e. The number of hydrogen-bond acceptors (Lipinski definition) is 3. The molecule has 1 aromatic carbocycles. The molecular weight excluding hydrogens is 180 g/mol. The van der Waals surface area contributed by atoms with Crippen LogP contribution in [0.1, 0.15) is 0 Å². The van der Waals surface area contributed by atoms with Crippen LogP contribution in [-0.2, 0) is 7.05 Å². The number of nitrogens with zero attached hydrogens (tertiary/aromatic N) is 1. The summed E-state index contributed by atoms with van der Waals surface area (Å²) in [7, 11) is 1.72. The first-order valence-electron chi connectivity index (χ1n) is 4.18. The summed E-state index contributed by atoms with van der Waals surface area (Å²) < 4.78 is 1.53. The van der Waals surface area contributed by atoms with Crippen LogP contribution in [0.15, 0.2) is 35.3 Å². The van der Waals surface area contributed by atoms with Gasteiger partial charge in [-0.25, -0.2) is 0 Å². The first-order chi connectivity index (χ1) is 6.72. The molecule has 1 aromatic heterocycles. The molecule has 0 saturated carbocycles. The lowest BCUT2D eigenvalue weighted by atomic mass is 10.1. The highest BCUT2D eigenvalue weighted by Crippen LogP contribution is 2.16. The summed E-state index contributed by atoms with van der Waals surface area (Å²) in [5.41, 5.74) is -0.0222. The Kier molecular flexibility index (Phi) is 1.98. The number of hydrogen-bond donors (Lipinski definition) is 1. The van der Waals surface area contributed by atoms with Crippen molar-refractivity contribution in [3.05, 3.63) is 40.8 Å². The van der Waals surface area contributed by atoms with E-state index in [0.717, 1.165) is 5.39 Å². The molecular formula is C10H10N2O2. The van der Waals surface area contributed by atoms with Gasteiger partial charge in [0.2, 0.25) is 0 Å². The third kappa shape index (κ3) is 1.25. The van der Waals surface area contributed by atoms with Gasteiger partial charge < -0.3 is 9.40 Å². The Labute approximate surface area is 80.5 Å². The first-order valence-corrected chi connectivity index (χ1v) is 4.18. The Balaban J connectivity index is 2.81. The Morgan fingerprint density at radius 2 is 2.14 bits per heavy atom. The fraction of sp³-hybridized carbons (Fsp3) is 0.100. The van der Waals surface area contributed by atoms with Crippen LogP contribution < -0.4 is 16.3 Å². The van der Waals surface area contributed by atoms with Gasteiger partial charge in [0.25, 0.3) is 5.56 Å². The number of fused-ring (bicyclic) bond motifs is 1. The largest absolute Gasteiger partial charge is 0.412 e. The zero-order valence-corrected chi connectivity index (χ0v) is 7.73. The Morgan fingerprint density at radius 1 is 1.36 bits per heavy atom. The molecule has 0 bridgehead atoms. The van der Waals surface area contributed by atoms with Crippen molar-refractivity contribution in [1.82, 2.24) is 4.57 Å². The number of rotatable bonds is 1. The van der Waals surface area contributed by atoms with Crippen molar-refractivity contribution >= 4 is 10.8 Å². The molecule has 0 radical (unpaired) electrons. The molecule has 0 spiro atoms. The maximum Gasteiger partial charge on any atom is 0.258 e. The summed E-state index contributed by atoms with van der Waals surface area (Å²) in [5, 5.41) is 1.49. The Morgan fingerprint density at radius 3 is 2.86 bits per heavy atom. The van der Waals surface area contributed by atoms with Gasteiger partial charge in [0.15, 0.2) is 0 Å². The SMILES string of the molecule is Cn1ccc2cc(ON)ccc2c1=O. The Hall–Kier alpha value is -1.81. The fourth-order valence-electron chi connectivity index (χ4n) is 1.40. The fourth-order valence-corrected chi connectivity index (χ4v) is 1.40. The maximum absolute atomic E-state index is 11.6. The van der Waals surface area contributed by atoms with E-state index in [1.54, 1.807) is 31.4 Å². The second-order valence-corrected chi connectivity index (χ2v) is 3.10. The molecule has 0 unspecified atom stereocenters. The molecule has 2 rings (SSSR count).